The van der Waals surface area contributed by atoms with Crippen molar-refractivity contribution in [3.05, 3.63) is 70.8 Å². The molecule has 0 saturated carbocycles. The lowest BCUT2D eigenvalue weighted by molar-refractivity contribution is 0.0720. The monoisotopic (exact) mass is 307 g/mol. The Morgan fingerprint density at radius 2 is 1.35 bits per heavy atom. The number of rotatable bonds is 3. The van der Waals surface area contributed by atoms with Gasteiger partial charge in [0, 0.05) is 24.2 Å². The molecule has 23 heavy (non-hydrogen) atoms. The van der Waals surface area contributed by atoms with Crippen molar-refractivity contribution in [2.75, 3.05) is 13.1 Å². The van der Waals surface area contributed by atoms with E-state index in [1.807, 2.05) is 48.2 Å². The predicted octanol–water partition coefficient (Wildman–Crippen LogP) is 3.85. The zero-order chi connectivity index (χ0) is 16.2. The summed E-state index contributed by atoms with van der Waals surface area (Å²) in [6.45, 7) is 3.49. The molecule has 1 fully saturated rings. The largest absolute Gasteiger partial charge is 0.339 e. The summed E-state index contributed by atoms with van der Waals surface area (Å²) < 4.78 is 0. The third-order valence-electron chi connectivity index (χ3n) is 4.44. The quantitative estimate of drug-likeness (QED) is 0.808. The Kier molecular flexibility index (Phi) is 4.56. The van der Waals surface area contributed by atoms with Gasteiger partial charge in [-0.15, -0.1) is 0 Å². The van der Waals surface area contributed by atoms with Gasteiger partial charge >= 0.3 is 0 Å². The summed E-state index contributed by atoms with van der Waals surface area (Å²) in [6.07, 6.45) is 3.26. The Morgan fingerprint density at radius 1 is 0.783 bits per heavy atom. The van der Waals surface area contributed by atoms with Gasteiger partial charge in [-0.1, -0.05) is 42.5 Å². The lowest BCUT2D eigenvalue weighted by Gasteiger charge is -2.27. The van der Waals surface area contributed by atoms with Crippen molar-refractivity contribution in [3.8, 4) is 0 Å². The Labute approximate surface area is 136 Å². The number of piperidine rings is 1. The van der Waals surface area contributed by atoms with E-state index in [1.165, 1.54) is 6.42 Å². The number of hydrogen-bond acceptors (Lipinski definition) is 2. The summed E-state index contributed by atoms with van der Waals surface area (Å²) in [5, 5.41) is 0. The van der Waals surface area contributed by atoms with E-state index in [-0.39, 0.29) is 11.7 Å². The van der Waals surface area contributed by atoms with E-state index >= 15 is 0 Å². The summed E-state index contributed by atoms with van der Waals surface area (Å²) in [4.78, 5) is 27.6. The first-order valence-corrected chi connectivity index (χ1v) is 8.17. The van der Waals surface area contributed by atoms with Crippen LogP contribution in [0.1, 0.15) is 51.1 Å². The average molecular weight is 307 g/mol. The van der Waals surface area contributed by atoms with Gasteiger partial charge in [-0.25, -0.2) is 0 Å². The fourth-order valence-corrected chi connectivity index (χ4v) is 3.11. The summed E-state index contributed by atoms with van der Waals surface area (Å²) >= 11 is 0. The maximum atomic E-state index is 12.9. The van der Waals surface area contributed by atoms with E-state index in [2.05, 4.69) is 0 Å². The fraction of sp³-hybridized carbons (Fsp3) is 0.300. The average Bonchev–Trinajstić information content (AvgIpc) is 2.62. The minimum atomic E-state index is -0.0796. The molecule has 2 aromatic carbocycles. The number of nitrogens with zero attached hydrogens (tertiary/aromatic N) is 1. The summed E-state index contributed by atoms with van der Waals surface area (Å²) in [6, 6.07) is 14.7. The molecular weight excluding hydrogens is 286 g/mol. The number of carbonyl (C=O) groups is 2. The molecule has 0 aliphatic carbocycles. The molecule has 1 aliphatic heterocycles. The fourth-order valence-electron chi connectivity index (χ4n) is 3.11. The first-order valence-electron chi connectivity index (χ1n) is 8.17. The van der Waals surface area contributed by atoms with E-state index in [0.717, 1.165) is 31.5 Å². The van der Waals surface area contributed by atoms with Crippen LogP contribution in [0, 0.1) is 6.92 Å². The highest BCUT2D eigenvalue weighted by atomic mass is 16.2. The number of carbonyl (C=O) groups excluding carboxylic acids is 2. The number of ketones is 1. The van der Waals surface area contributed by atoms with E-state index < -0.39 is 0 Å². The molecule has 0 spiro atoms. The molecule has 118 valence electrons. The van der Waals surface area contributed by atoms with Crippen molar-refractivity contribution in [1.82, 2.24) is 4.90 Å². The lowest BCUT2D eigenvalue weighted by atomic mass is 9.94. The van der Waals surface area contributed by atoms with Crippen LogP contribution in [0.25, 0.3) is 0 Å². The predicted molar refractivity (Wildman–Crippen MR) is 90.8 cm³/mol. The third-order valence-corrected chi connectivity index (χ3v) is 4.44. The van der Waals surface area contributed by atoms with Crippen molar-refractivity contribution < 1.29 is 9.59 Å². The van der Waals surface area contributed by atoms with Crippen LogP contribution in [-0.4, -0.2) is 29.7 Å². The van der Waals surface area contributed by atoms with Crippen molar-refractivity contribution in [1.29, 1.82) is 0 Å². The second kappa shape index (κ2) is 6.78. The highest BCUT2D eigenvalue weighted by Crippen LogP contribution is 2.20. The van der Waals surface area contributed by atoms with Gasteiger partial charge in [-0.3, -0.25) is 9.59 Å². The topological polar surface area (TPSA) is 37.4 Å². The third kappa shape index (κ3) is 3.19. The highest BCUT2D eigenvalue weighted by molar-refractivity contribution is 6.15. The number of hydrogen-bond donors (Lipinski definition) is 0. The molecule has 3 nitrogen and oxygen atoms in total. The van der Waals surface area contributed by atoms with E-state index in [4.69, 9.17) is 0 Å². The summed E-state index contributed by atoms with van der Waals surface area (Å²) in [5.74, 6) is -0.105. The van der Waals surface area contributed by atoms with E-state index in [0.29, 0.717) is 16.7 Å². The molecule has 0 radical (unpaired) electrons. The molecule has 3 heteroatoms. The minimum absolute atomic E-state index is 0.0257. The van der Waals surface area contributed by atoms with Crippen LogP contribution in [0.15, 0.2) is 48.5 Å². The van der Waals surface area contributed by atoms with Gasteiger partial charge in [0.25, 0.3) is 5.91 Å². The molecule has 1 amide bonds. The van der Waals surface area contributed by atoms with Gasteiger partial charge in [-0.2, -0.15) is 0 Å². The second-order valence-corrected chi connectivity index (χ2v) is 6.04. The molecule has 1 aliphatic rings. The number of amides is 1. The Balaban J connectivity index is 1.96. The SMILES string of the molecule is Cc1ccccc1C(=O)c1ccccc1C(=O)N1CCCCC1. The summed E-state index contributed by atoms with van der Waals surface area (Å²) in [5.41, 5.74) is 2.60. The normalized spacial score (nSPS) is 14.6. The van der Waals surface area contributed by atoms with Gasteiger partial charge in [0.1, 0.15) is 0 Å². The van der Waals surface area contributed by atoms with Gasteiger partial charge in [-0.05, 0) is 37.8 Å². The van der Waals surface area contributed by atoms with Crippen LogP contribution in [0.5, 0.6) is 0 Å². The zero-order valence-electron chi connectivity index (χ0n) is 13.4. The van der Waals surface area contributed by atoms with Crippen molar-refractivity contribution in [3.63, 3.8) is 0 Å². The van der Waals surface area contributed by atoms with E-state index in [1.54, 1.807) is 12.1 Å². The molecule has 3 rings (SSSR count). The van der Waals surface area contributed by atoms with Crippen LogP contribution < -0.4 is 0 Å². The van der Waals surface area contributed by atoms with Crippen LogP contribution in [0.4, 0.5) is 0 Å². The summed E-state index contributed by atoms with van der Waals surface area (Å²) in [7, 11) is 0. The van der Waals surface area contributed by atoms with Crippen LogP contribution >= 0.6 is 0 Å². The van der Waals surface area contributed by atoms with Crippen LogP contribution in [0.3, 0.4) is 0 Å². The Bertz CT molecular complexity index is 730. The smallest absolute Gasteiger partial charge is 0.254 e. The van der Waals surface area contributed by atoms with Crippen molar-refractivity contribution >= 4 is 11.7 Å². The maximum Gasteiger partial charge on any atom is 0.254 e. The number of aryl methyl sites for hydroxylation is 1. The van der Waals surface area contributed by atoms with Gasteiger partial charge in [0.15, 0.2) is 5.78 Å². The highest BCUT2D eigenvalue weighted by Gasteiger charge is 2.23. The van der Waals surface area contributed by atoms with Crippen LogP contribution in [-0.2, 0) is 0 Å². The zero-order valence-corrected chi connectivity index (χ0v) is 13.4. The van der Waals surface area contributed by atoms with Gasteiger partial charge < -0.3 is 4.90 Å². The molecule has 0 atom stereocenters. The molecule has 0 unspecified atom stereocenters. The van der Waals surface area contributed by atoms with Crippen LogP contribution in [0.2, 0.25) is 0 Å². The standard InChI is InChI=1S/C20H21NO2/c1-15-9-3-4-10-16(15)19(22)17-11-5-6-12-18(17)20(23)21-13-7-2-8-14-21/h3-6,9-12H,2,7-8,13-14H2,1H3. The first kappa shape index (κ1) is 15.5. The van der Waals surface area contributed by atoms with E-state index in [9.17, 15) is 9.59 Å². The minimum Gasteiger partial charge on any atom is -0.339 e. The maximum absolute atomic E-state index is 12.9. The molecule has 0 bridgehead atoms. The van der Waals surface area contributed by atoms with Crippen molar-refractivity contribution in [2.24, 2.45) is 0 Å². The number of likely N-dealkylation sites (tertiary alicyclic amines) is 1. The molecule has 2 aromatic rings. The molecule has 1 saturated heterocycles. The molecule has 1 heterocycles. The van der Waals surface area contributed by atoms with Gasteiger partial charge in [0.2, 0.25) is 0 Å². The molecular formula is C20H21NO2. The van der Waals surface area contributed by atoms with Gasteiger partial charge in [0.05, 0.1) is 5.56 Å². The Hall–Kier alpha value is -2.42. The molecule has 0 N–H and O–H groups in total. The molecule has 0 aromatic heterocycles. The Morgan fingerprint density at radius 3 is 2.00 bits per heavy atom. The lowest BCUT2D eigenvalue weighted by Crippen LogP contribution is -2.36. The number of benzene rings is 2. The second-order valence-electron chi connectivity index (χ2n) is 6.04. The van der Waals surface area contributed by atoms with Crippen molar-refractivity contribution in [2.45, 2.75) is 26.2 Å². The first-order chi connectivity index (χ1) is 11.2.